The van der Waals surface area contributed by atoms with Gasteiger partial charge in [0, 0.05) is 19.3 Å². The lowest BCUT2D eigenvalue weighted by Crippen LogP contribution is -2.25. The highest BCUT2D eigenvalue weighted by Crippen LogP contribution is 2.19. The molecule has 0 saturated carbocycles. The third kappa shape index (κ3) is 3.52. The fourth-order valence-corrected chi connectivity index (χ4v) is 2.93. The summed E-state index contributed by atoms with van der Waals surface area (Å²) in [5, 5.41) is 9.85. The van der Waals surface area contributed by atoms with Crippen molar-refractivity contribution in [1.29, 1.82) is 0 Å². The fraction of sp³-hybridized carbons (Fsp3) is 0.471. The van der Waals surface area contributed by atoms with E-state index in [-0.39, 0.29) is 5.91 Å². The van der Waals surface area contributed by atoms with Gasteiger partial charge in [-0.25, -0.2) is 4.98 Å². The maximum atomic E-state index is 12.4. The summed E-state index contributed by atoms with van der Waals surface area (Å²) in [5.74, 6) is 0.798. The maximum Gasteiger partial charge on any atom is 0.257 e. The lowest BCUT2D eigenvalue weighted by molar-refractivity contribution is 0.102. The molecule has 1 aliphatic rings. The quantitative estimate of drug-likeness (QED) is 0.913. The molecule has 1 amide bonds. The SMILES string of the molecule is Cc1n[nH]c(C)c1NC(=O)c1ccc(N2CCCCCC2)nc1. The number of aromatic amines is 1. The summed E-state index contributed by atoms with van der Waals surface area (Å²) in [6.07, 6.45) is 6.66. The van der Waals surface area contributed by atoms with E-state index in [1.807, 2.05) is 26.0 Å². The van der Waals surface area contributed by atoms with Crippen LogP contribution in [0.4, 0.5) is 11.5 Å². The molecule has 2 aromatic rings. The topological polar surface area (TPSA) is 73.9 Å². The Hall–Kier alpha value is -2.37. The zero-order valence-corrected chi connectivity index (χ0v) is 13.7. The predicted molar refractivity (Wildman–Crippen MR) is 90.9 cm³/mol. The Balaban J connectivity index is 1.70. The molecule has 3 heterocycles. The summed E-state index contributed by atoms with van der Waals surface area (Å²) in [5.41, 5.74) is 2.94. The van der Waals surface area contributed by atoms with E-state index in [0.29, 0.717) is 5.56 Å². The molecule has 1 saturated heterocycles. The Morgan fingerprint density at radius 3 is 2.48 bits per heavy atom. The van der Waals surface area contributed by atoms with E-state index in [0.717, 1.165) is 36.0 Å². The number of nitrogens with one attached hydrogen (secondary N) is 2. The average molecular weight is 313 g/mol. The van der Waals surface area contributed by atoms with E-state index in [2.05, 4.69) is 25.4 Å². The van der Waals surface area contributed by atoms with Gasteiger partial charge in [0.05, 0.1) is 22.6 Å². The van der Waals surface area contributed by atoms with Crippen LogP contribution in [-0.2, 0) is 0 Å². The van der Waals surface area contributed by atoms with E-state index >= 15 is 0 Å². The zero-order valence-electron chi connectivity index (χ0n) is 13.7. The van der Waals surface area contributed by atoms with Gasteiger partial charge in [-0.15, -0.1) is 0 Å². The smallest absolute Gasteiger partial charge is 0.257 e. The van der Waals surface area contributed by atoms with Crippen molar-refractivity contribution in [2.24, 2.45) is 0 Å². The zero-order chi connectivity index (χ0) is 16.2. The monoisotopic (exact) mass is 313 g/mol. The van der Waals surface area contributed by atoms with Crippen LogP contribution in [0.5, 0.6) is 0 Å². The van der Waals surface area contributed by atoms with E-state index in [4.69, 9.17) is 0 Å². The molecule has 6 heteroatoms. The molecular weight excluding hydrogens is 290 g/mol. The molecule has 6 nitrogen and oxygen atoms in total. The highest BCUT2D eigenvalue weighted by atomic mass is 16.1. The Bertz CT molecular complexity index is 649. The number of amides is 1. The van der Waals surface area contributed by atoms with Gasteiger partial charge in [-0.05, 0) is 38.8 Å². The first-order valence-electron chi connectivity index (χ1n) is 8.19. The van der Waals surface area contributed by atoms with Crippen molar-refractivity contribution in [3.05, 3.63) is 35.3 Å². The summed E-state index contributed by atoms with van der Waals surface area (Å²) in [6.45, 7) is 5.84. The first kappa shape index (κ1) is 15.5. The van der Waals surface area contributed by atoms with Crippen LogP contribution in [0.15, 0.2) is 18.3 Å². The van der Waals surface area contributed by atoms with Gasteiger partial charge in [0.15, 0.2) is 0 Å². The molecule has 3 rings (SSSR count). The van der Waals surface area contributed by atoms with Gasteiger partial charge in [-0.3, -0.25) is 9.89 Å². The van der Waals surface area contributed by atoms with Gasteiger partial charge in [0.2, 0.25) is 0 Å². The van der Waals surface area contributed by atoms with E-state index in [1.54, 1.807) is 6.20 Å². The number of carbonyl (C=O) groups is 1. The molecule has 0 bridgehead atoms. The summed E-state index contributed by atoms with van der Waals surface area (Å²) in [4.78, 5) is 19.1. The van der Waals surface area contributed by atoms with Crippen LogP contribution in [-0.4, -0.2) is 34.2 Å². The number of carbonyl (C=O) groups excluding carboxylic acids is 1. The number of pyridine rings is 1. The Morgan fingerprint density at radius 1 is 1.17 bits per heavy atom. The van der Waals surface area contributed by atoms with Crippen molar-refractivity contribution >= 4 is 17.4 Å². The number of hydrogen-bond donors (Lipinski definition) is 2. The van der Waals surface area contributed by atoms with Crippen LogP contribution in [0.25, 0.3) is 0 Å². The molecule has 23 heavy (non-hydrogen) atoms. The molecule has 0 atom stereocenters. The number of hydrogen-bond acceptors (Lipinski definition) is 4. The van der Waals surface area contributed by atoms with E-state index in [9.17, 15) is 4.79 Å². The molecule has 0 aromatic carbocycles. The van der Waals surface area contributed by atoms with Gasteiger partial charge in [0.1, 0.15) is 5.82 Å². The van der Waals surface area contributed by atoms with Crippen LogP contribution < -0.4 is 10.2 Å². The molecule has 2 aromatic heterocycles. The van der Waals surface area contributed by atoms with Crippen LogP contribution >= 0.6 is 0 Å². The van der Waals surface area contributed by atoms with Gasteiger partial charge < -0.3 is 10.2 Å². The lowest BCUT2D eigenvalue weighted by atomic mass is 10.2. The van der Waals surface area contributed by atoms with Crippen molar-refractivity contribution in [2.75, 3.05) is 23.3 Å². The minimum absolute atomic E-state index is 0.160. The molecule has 0 spiro atoms. The second kappa shape index (κ2) is 6.81. The fourth-order valence-electron chi connectivity index (χ4n) is 2.93. The second-order valence-corrected chi connectivity index (χ2v) is 6.07. The third-order valence-electron chi connectivity index (χ3n) is 4.31. The molecule has 1 aliphatic heterocycles. The summed E-state index contributed by atoms with van der Waals surface area (Å²) in [7, 11) is 0. The van der Waals surface area contributed by atoms with E-state index < -0.39 is 0 Å². The second-order valence-electron chi connectivity index (χ2n) is 6.07. The first-order valence-corrected chi connectivity index (χ1v) is 8.19. The largest absolute Gasteiger partial charge is 0.357 e. The Kier molecular flexibility index (Phi) is 4.60. The molecule has 1 fully saturated rings. The van der Waals surface area contributed by atoms with Crippen LogP contribution in [0, 0.1) is 13.8 Å². The standard InChI is InChI=1S/C17H23N5O/c1-12-16(13(2)21-20-12)19-17(23)14-7-8-15(18-11-14)22-9-5-3-4-6-10-22/h7-8,11H,3-6,9-10H2,1-2H3,(H,19,23)(H,20,21). The van der Waals surface area contributed by atoms with Crippen LogP contribution in [0.1, 0.15) is 47.4 Å². The molecule has 0 unspecified atom stereocenters. The first-order chi connectivity index (χ1) is 11.1. The molecule has 2 N–H and O–H groups in total. The minimum Gasteiger partial charge on any atom is -0.357 e. The number of H-pyrrole nitrogens is 1. The number of rotatable bonds is 3. The molecular formula is C17H23N5O. The molecule has 0 radical (unpaired) electrons. The van der Waals surface area contributed by atoms with Gasteiger partial charge in [0.25, 0.3) is 5.91 Å². The number of anilines is 2. The minimum atomic E-state index is -0.160. The third-order valence-corrected chi connectivity index (χ3v) is 4.31. The van der Waals surface area contributed by atoms with Gasteiger partial charge >= 0.3 is 0 Å². The molecule has 0 aliphatic carbocycles. The maximum absolute atomic E-state index is 12.4. The molecule has 122 valence electrons. The van der Waals surface area contributed by atoms with Gasteiger partial charge in [-0.2, -0.15) is 5.10 Å². The predicted octanol–water partition coefficient (Wildman–Crippen LogP) is 3.05. The summed E-state index contributed by atoms with van der Waals surface area (Å²) in [6, 6.07) is 3.78. The Labute approximate surface area is 136 Å². The highest BCUT2D eigenvalue weighted by molar-refractivity contribution is 6.04. The van der Waals surface area contributed by atoms with E-state index in [1.165, 1.54) is 25.7 Å². The summed E-state index contributed by atoms with van der Waals surface area (Å²) < 4.78 is 0. The van der Waals surface area contributed by atoms with Crippen molar-refractivity contribution in [1.82, 2.24) is 15.2 Å². The van der Waals surface area contributed by atoms with Crippen molar-refractivity contribution in [3.63, 3.8) is 0 Å². The summed E-state index contributed by atoms with van der Waals surface area (Å²) >= 11 is 0. The highest BCUT2D eigenvalue weighted by Gasteiger charge is 2.14. The van der Waals surface area contributed by atoms with Crippen molar-refractivity contribution in [2.45, 2.75) is 39.5 Å². The van der Waals surface area contributed by atoms with Crippen LogP contribution in [0.3, 0.4) is 0 Å². The van der Waals surface area contributed by atoms with Crippen molar-refractivity contribution < 1.29 is 4.79 Å². The Morgan fingerprint density at radius 2 is 1.91 bits per heavy atom. The average Bonchev–Trinajstić information content (AvgIpc) is 2.78. The number of aryl methyl sites for hydroxylation is 2. The van der Waals surface area contributed by atoms with Crippen LogP contribution in [0.2, 0.25) is 0 Å². The van der Waals surface area contributed by atoms with Gasteiger partial charge in [-0.1, -0.05) is 12.8 Å². The number of aromatic nitrogens is 3. The number of nitrogens with zero attached hydrogens (tertiary/aromatic N) is 3. The van der Waals surface area contributed by atoms with Crippen molar-refractivity contribution in [3.8, 4) is 0 Å². The normalized spacial score (nSPS) is 15.3. The lowest BCUT2D eigenvalue weighted by Gasteiger charge is -2.21.